The Labute approximate surface area is 189 Å². The van der Waals surface area contributed by atoms with Crippen LogP contribution in [0, 0.1) is 11.8 Å². The first kappa shape index (κ1) is 22.2. The number of carbonyl (C=O) groups is 2. The van der Waals surface area contributed by atoms with Crippen LogP contribution in [0.15, 0.2) is 24.4 Å². The van der Waals surface area contributed by atoms with Crippen molar-refractivity contribution < 1.29 is 14.3 Å². The maximum absolute atomic E-state index is 13.1. The molecule has 31 heavy (non-hydrogen) atoms. The molecular formula is C24H32ClN3O3. The van der Waals surface area contributed by atoms with E-state index in [1.54, 1.807) is 0 Å². The van der Waals surface area contributed by atoms with Crippen LogP contribution in [0.1, 0.15) is 38.2 Å². The van der Waals surface area contributed by atoms with Crippen molar-refractivity contribution in [3.8, 4) is 0 Å². The third-order valence-corrected chi connectivity index (χ3v) is 6.95. The van der Waals surface area contributed by atoms with E-state index >= 15 is 0 Å². The number of amides is 1. The van der Waals surface area contributed by atoms with Crippen molar-refractivity contribution in [2.75, 3.05) is 32.8 Å². The Kier molecular flexibility index (Phi) is 6.87. The smallest absolute Gasteiger partial charge is 0.310 e. The number of aromatic nitrogens is 1. The van der Waals surface area contributed by atoms with Crippen LogP contribution in [-0.2, 0) is 27.9 Å². The summed E-state index contributed by atoms with van der Waals surface area (Å²) in [7, 11) is 2.06. The number of nitrogens with zero attached hydrogens (tertiary/aromatic N) is 3. The first-order valence-electron chi connectivity index (χ1n) is 11.4. The molecule has 0 spiro atoms. The zero-order valence-electron chi connectivity index (χ0n) is 18.5. The normalized spacial score (nSPS) is 20.9. The van der Waals surface area contributed by atoms with E-state index in [-0.39, 0.29) is 23.7 Å². The monoisotopic (exact) mass is 445 g/mol. The third-order valence-electron chi connectivity index (χ3n) is 6.72. The second-order valence-corrected chi connectivity index (χ2v) is 9.29. The van der Waals surface area contributed by atoms with E-state index in [2.05, 4.69) is 28.8 Å². The van der Waals surface area contributed by atoms with E-state index < -0.39 is 0 Å². The molecule has 2 aliphatic heterocycles. The van der Waals surface area contributed by atoms with E-state index in [1.807, 2.05) is 24.0 Å². The summed E-state index contributed by atoms with van der Waals surface area (Å²) >= 11 is 6.22. The van der Waals surface area contributed by atoms with Crippen molar-refractivity contribution in [1.82, 2.24) is 14.4 Å². The number of hydrogen-bond donors (Lipinski definition) is 0. The molecule has 6 nitrogen and oxygen atoms in total. The molecule has 2 fully saturated rings. The Morgan fingerprint density at radius 2 is 1.90 bits per heavy atom. The SMILES string of the molecule is CCOC(=O)C1CCCN(C(=O)C2CCN(Cc3cn(C)c4ccc(Cl)cc34)CC2)C1. The molecule has 0 aliphatic carbocycles. The van der Waals surface area contributed by atoms with E-state index in [0.717, 1.165) is 56.9 Å². The Balaban J connectivity index is 1.33. The van der Waals surface area contributed by atoms with E-state index in [1.165, 1.54) is 16.5 Å². The lowest BCUT2D eigenvalue weighted by molar-refractivity contribution is -0.152. The summed E-state index contributed by atoms with van der Waals surface area (Å²) in [5.74, 6) is -0.0642. The van der Waals surface area contributed by atoms with Gasteiger partial charge >= 0.3 is 5.97 Å². The van der Waals surface area contributed by atoms with Gasteiger partial charge in [-0.2, -0.15) is 0 Å². The molecule has 0 saturated carbocycles. The summed E-state index contributed by atoms with van der Waals surface area (Å²) in [4.78, 5) is 29.5. The molecule has 1 atom stereocenters. The fourth-order valence-corrected chi connectivity index (χ4v) is 5.21. The Morgan fingerprint density at radius 3 is 2.65 bits per heavy atom. The molecule has 2 saturated heterocycles. The Hall–Kier alpha value is -2.05. The van der Waals surface area contributed by atoms with Crippen LogP contribution in [0.2, 0.25) is 5.02 Å². The summed E-state index contributed by atoms with van der Waals surface area (Å²) in [6.45, 7) is 6.16. The third kappa shape index (κ3) is 4.90. The zero-order valence-corrected chi connectivity index (χ0v) is 19.2. The number of benzene rings is 1. The predicted molar refractivity (Wildman–Crippen MR) is 122 cm³/mol. The highest BCUT2D eigenvalue weighted by Gasteiger charge is 2.34. The van der Waals surface area contributed by atoms with Gasteiger partial charge in [-0.15, -0.1) is 0 Å². The van der Waals surface area contributed by atoms with Crippen LogP contribution >= 0.6 is 11.6 Å². The first-order chi connectivity index (χ1) is 15.0. The van der Waals surface area contributed by atoms with E-state index in [0.29, 0.717) is 13.2 Å². The topological polar surface area (TPSA) is 54.8 Å². The molecule has 4 rings (SSSR count). The number of ether oxygens (including phenoxy) is 1. The zero-order chi connectivity index (χ0) is 22.0. The molecule has 1 amide bonds. The quantitative estimate of drug-likeness (QED) is 0.656. The van der Waals surface area contributed by atoms with Crippen molar-refractivity contribution in [3.63, 3.8) is 0 Å². The fourth-order valence-electron chi connectivity index (χ4n) is 5.04. The molecule has 2 aliphatic rings. The summed E-state index contributed by atoms with van der Waals surface area (Å²) in [6, 6.07) is 6.03. The standard InChI is InChI=1S/C24H32ClN3O3/c1-3-31-24(30)18-5-4-10-28(16-18)23(29)17-8-11-27(12-9-17)15-19-14-26(2)22-7-6-20(25)13-21(19)22/h6-7,13-14,17-18H,3-5,8-12,15-16H2,1-2H3. The van der Waals surface area contributed by atoms with Crippen LogP contribution in [0.4, 0.5) is 0 Å². The van der Waals surface area contributed by atoms with Crippen molar-refractivity contribution in [1.29, 1.82) is 0 Å². The molecule has 1 aromatic carbocycles. The van der Waals surface area contributed by atoms with Crippen molar-refractivity contribution in [2.45, 2.75) is 39.2 Å². The molecule has 1 unspecified atom stereocenters. The van der Waals surface area contributed by atoms with Gasteiger partial charge in [0.2, 0.25) is 5.91 Å². The van der Waals surface area contributed by atoms with Gasteiger partial charge in [-0.3, -0.25) is 14.5 Å². The Bertz CT molecular complexity index is 949. The fraction of sp³-hybridized carbons (Fsp3) is 0.583. The van der Waals surface area contributed by atoms with Crippen molar-refractivity contribution >= 4 is 34.4 Å². The molecule has 7 heteroatoms. The van der Waals surface area contributed by atoms with Crippen LogP contribution in [-0.4, -0.2) is 59.0 Å². The number of rotatable bonds is 5. The molecule has 0 bridgehead atoms. The highest BCUT2D eigenvalue weighted by Crippen LogP contribution is 2.28. The van der Waals surface area contributed by atoms with Crippen molar-refractivity contribution in [3.05, 3.63) is 35.0 Å². The van der Waals surface area contributed by atoms with Crippen LogP contribution < -0.4 is 0 Å². The summed E-state index contributed by atoms with van der Waals surface area (Å²) in [6.07, 6.45) is 5.60. The van der Waals surface area contributed by atoms with Gasteiger partial charge in [0.25, 0.3) is 0 Å². The highest BCUT2D eigenvalue weighted by atomic mass is 35.5. The van der Waals surface area contributed by atoms with Gasteiger partial charge in [0.15, 0.2) is 0 Å². The molecule has 1 aromatic heterocycles. The van der Waals surface area contributed by atoms with Crippen LogP contribution in [0.3, 0.4) is 0 Å². The summed E-state index contributed by atoms with van der Waals surface area (Å²) in [5, 5.41) is 1.96. The Morgan fingerprint density at radius 1 is 1.13 bits per heavy atom. The average Bonchev–Trinajstić information content (AvgIpc) is 3.08. The minimum atomic E-state index is -0.170. The largest absolute Gasteiger partial charge is 0.466 e. The minimum absolute atomic E-state index is 0.0548. The minimum Gasteiger partial charge on any atom is -0.466 e. The molecule has 2 aromatic rings. The van der Waals surface area contributed by atoms with Gasteiger partial charge in [0.05, 0.1) is 12.5 Å². The number of aryl methyl sites for hydroxylation is 1. The average molecular weight is 446 g/mol. The maximum atomic E-state index is 13.1. The number of carbonyl (C=O) groups excluding carboxylic acids is 2. The number of hydrogen-bond acceptors (Lipinski definition) is 4. The van der Waals surface area contributed by atoms with Crippen molar-refractivity contribution in [2.24, 2.45) is 18.9 Å². The first-order valence-corrected chi connectivity index (χ1v) is 11.7. The number of likely N-dealkylation sites (tertiary alicyclic amines) is 2. The number of fused-ring (bicyclic) bond motifs is 1. The second-order valence-electron chi connectivity index (χ2n) is 8.85. The van der Waals surface area contributed by atoms with Crippen LogP contribution in [0.25, 0.3) is 10.9 Å². The predicted octanol–water partition coefficient (Wildman–Crippen LogP) is 3.85. The lowest BCUT2D eigenvalue weighted by Gasteiger charge is -2.37. The van der Waals surface area contributed by atoms with Gasteiger partial charge < -0.3 is 14.2 Å². The molecule has 168 valence electrons. The van der Waals surface area contributed by atoms with Gasteiger partial charge in [-0.25, -0.2) is 0 Å². The highest BCUT2D eigenvalue weighted by molar-refractivity contribution is 6.31. The molecule has 0 N–H and O–H groups in total. The van der Waals surface area contributed by atoms with Gasteiger partial charge in [0, 0.05) is 54.7 Å². The molecule has 3 heterocycles. The number of esters is 1. The van der Waals surface area contributed by atoms with E-state index in [4.69, 9.17) is 16.3 Å². The molecule has 0 radical (unpaired) electrons. The number of halogens is 1. The van der Waals surface area contributed by atoms with E-state index in [9.17, 15) is 9.59 Å². The summed E-state index contributed by atoms with van der Waals surface area (Å²) in [5.41, 5.74) is 2.46. The van der Waals surface area contributed by atoms with Gasteiger partial charge in [0.1, 0.15) is 0 Å². The maximum Gasteiger partial charge on any atom is 0.310 e. The lowest BCUT2D eigenvalue weighted by Crippen LogP contribution is -2.47. The van der Waals surface area contributed by atoms with Gasteiger partial charge in [-0.1, -0.05) is 11.6 Å². The lowest BCUT2D eigenvalue weighted by atomic mass is 9.92. The molecular weight excluding hydrogens is 414 g/mol. The van der Waals surface area contributed by atoms with Gasteiger partial charge in [-0.05, 0) is 69.5 Å². The summed E-state index contributed by atoms with van der Waals surface area (Å²) < 4.78 is 7.32. The van der Waals surface area contributed by atoms with Crippen LogP contribution in [0.5, 0.6) is 0 Å². The number of piperidine rings is 2. The second kappa shape index (κ2) is 9.61.